The molecular formula is C10H21N2P. The van der Waals surface area contributed by atoms with E-state index < -0.39 is 0 Å². The normalized spacial score (nSPS) is 37.2. The Morgan fingerprint density at radius 2 is 2.23 bits per heavy atom. The molecule has 0 spiro atoms. The molecule has 2 saturated heterocycles. The highest BCUT2D eigenvalue weighted by Gasteiger charge is 2.40. The summed E-state index contributed by atoms with van der Waals surface area (Å²) >= 11 is 0. The fraction of sp³-hybridized carbons (Fsp3) is 1.00. The van der Waals surface area contributed by atoms with Crippen LogP contribution in [0.1, 0.15) is 27.2 Å². The third kappa shape index (κ3) is 1.77. The molecule has 3 atom stereocenters. The highest BCUT2D eigenvalue weighted by molar-refractivity contribution is 7.36. The number of rotatable bonds is 2. The van der Waals surface area contributed by atoms with E-state index >= 15 is 0 Å². The summed E-state index contributed by atoms with van der Waals surface area (Å²) in [5.41, 5.74) is 0.412. The van der Waals surface area contributed by atoms with E-state index in [0.29, 0.717) is 5.54 Å². The van der Waals surface area contributed by atoms with Crippen LogP contribution >= 0.6 is 8.73 Å². The van der Waals surface area contributed by atoms with Crippen LogP contribution in [0.2, 0.25) is 0 Å². The summed E-state index contributed by atoms with van der Waals surface area (Å²) in [5, 5.41) is 3.63. The van der Waals surface area contributed by atoms with E-state index in [9.17, 15) is 0 Å². The van der Waals surface area contributed by atoms with Gasteiger partial charge in [0.1, 0.15) is 0 Å². The Labute approximate surface area is 83.3 Å². The van der Waals surface area contributed by atoms with Crippen molar-refractivity contribution in [3.05, 3.63) is 0 Å². The second kappa shape index (κ2) is 3.49. The molecule has 2 rings (SSSR count). The lowest BCUT2D eigenvalue weighted by Gasteiger charge is -2.35. The summed E-state index contributed by atoms with van der Waals surface area (Å²) < 4.78 is 0. The molecule has 2 fully saturated rings. The van der Waals surface area contributed by atoms with Crippen molar-refractivity contribution in [2.24, 2.45) is 5.92 Å². The monoisotopic (exact) mass is 200 g/mol. The molecule has 0 aromatic rings. The van der Waals surface area contributed by atoms with Crippen molar-refractivity contribution < 1.29 is 0 Å². The minimum absolute atomic E-state index is 0.412. The van der Waals surface area contributed by atoms with Crippen LogP contribution in [0.3, 0.4) is 0 Å². The van der Waals surface area contributed by atoms with Gasteiger partial charge in [-0.25, -0.2) is 0 Å². The molecule has 2 aliphatic heterocycles. The van der Waals surface area contributed by atoms with Crippen molar-refractivity contribution in [2.75, 3.05) is 19.3 Å². The van der Waals surface area contributed by atoms with Gasteiger partial charge in [0.15, 0.2) is 0 Å². The predicted octanol–water partition coefficient (Wildman–Crippen LogP) is 1.67. The van der Waals surface area contributed by atoms with Gasteiger partial charge in [-0.3, -0.25) is 9.99 Å². The molecule has 0 aromatic heterocycles. The maximum atomic E-state index is 3.63. The van der Waals surface area contributed by atoms with Gasteiger partial charge in [-0.15, -0.1) is 0 Å². The number of fused-ring (bicyclic) bond motifs is 1. The van der Waals surface area contributed by atoms with Gasteiger partial charge in [0.25, 0.3) is 0 Å². The summed E-state index contributed by atoms with van der Waals surface area (Å²) in [4.78, 5) is 2.67. The molecule has 3 heteroatoms. The first kappa shape index (κ1) is 9.89. The lowest BCUT2D eigenvalue weighted by Crippen LogP contribution is -2.43. The fourth-order valence-corrected chi connectivity index (χ4v) is 3.66. The van der Waals surface area contributed by atoms with Crippen molar-refractivity contribution in [3.63, 3.8) is 0 Å². The summed E-state index contributed by atoms with van der Waals surface area (Å²) in [6.07, 6.45) is 2.68. The lowest BCUT2D eigenvalue weighted by molar-refractivity contribution is 0.143. The molecule has 3 unspecified atom stereocenters. The molecule has 76 valence electrons. The number of nitrogens with one attached hydrogen (secondary N) is 1. The molecule has 1 N–H and O–H groups in total. The minimum Gasteiger partial charge on any atom is -0.296 e. The quantitative estimate of drug-likeness (QED) is 0.682. The Morgan fingerprint density at radius 3 is 2.85 bits per heavy atom. The van der Waals surface area contributed by atoms with E-state index in [2.05, 4.69) is 30.8 Å². The molecule has 2 nitrogen and oxygen atoms in total. The Morgan fingerprint density at radius 1 is 1.46 bits per heavy atom. The summed E-state index contributed by atoms with van der Waals surface area (Å²) in [6.45, 7) is 9.64. The fourth-order valence-electron chi connectivity index (χ4n) is 2.28. The van der Waals surface area contributed by atoms with E-state index in [1.807, 2.05) is 0 Å². The van der Waals surface area contributed by atoms with Crippen molar-refractivity contribution >= 4 is 8.73 Å². The number of nitrogens with zero attached hydrogens (tertiary/aromatic N) is 1. The van der Waals surface area contributed by atoms with Crippen molar-refractivity contribution in [3.8, 4) is 0 Å². The van der Waals surface area contributed by atoms with Gasteiger partial charge >= 0.3 is 0 Å². The van der Waals surface area contributed by atoms with Gasteiger partial charge in [0, 0.05) is 24.7 Å². The number of hydrogen-bond acceptors (Lipinski definition) is 2. The largest absolute Gasteiger partial charge is 0.296 e. The van der Waals surface area contributed by atoms with Gasteiger partial charge in [-0.1, -0.05) is 15.7 Å². The Balaban J connectivity index is 1.98. The zero-order valence-corrected chi connectivity index (χ0v) is 9.93. The van der Waals surface area contributed by atoms with Crippen LogP contribution in [0.25, 0.3) is 0 Å². The Hall–Kier alpha value is 0.350. The van der Waals surface area contributed by atoms with Crippen LogP contribution in [0.4, 0.5) is 0 Å². The topological polar surface area (TPSA) is 15.3 Å². The summed E-state index contributed by atoms with van der Waals surface area (Å²) in [7, 11) is 1.02. The molecule has 13 heavy (non-hydrogen) atoms. The molecule has 0 aromatic carbocycles. The molecule has 0 saturated carbocycles. The first-order valence-electron chi connectivity index (χ1n) is 5.37. The van der Waals surface area contributed by atoms with Crippen LogP contribution in [0.5, 0.6) is 0 Å². The summed E-state index contributed by atoms with van der Waals surface area (Å²) in [6, 6.07) is 0.809. The Kier molecular flexibility index (Phi) is 2.65. The van der Waals surface area contributed by atoms with Crippen LogP contribution in [-0.4, -0.2) is 35.7 Å². The minimum atomic E-state index is 0.412. The van der Waals surface area contributed by atoms with E-state index in [0.717, 1.165) is 20.7 Å². The summed E-state index contributed by atoms with van der Waals surface area (Å²) in [5.74, 6) is 0.948. The average Bonchev–Trinajstić information content (AvgIpc) is 2.61. The van der Waals surface area contributed by atoms with Crippen LogP contribution in [-0.2, 0) is 0 Å². The molecular weight excluding hydrogens is 179 g/mol. The predicted molar refractivity (Wildman–Crippen MR) is 59.5 cm³/mol. The SMILES string of the molecule is CCC(C)(C)N1CC2CPNC2C1. The molecule has 0 amide bonds. The highest BCUT2D eigenvalue weighted by Crippen LogP contribution is 2.35. The zero-order chi connectivity index (χ0) is 9.47. The lowest BCUT2D eigenvalue weighted by atomic mass is 10.00. The van der Waals surface area contributed by atoms with Crippen molar-refractivity contribution in [1.82, 2.24) is 9.99 Å². The maximum Gasteiger partial charge on any atom is 0.0273 e. The van der Waals surface area contributed by atoms with Crippen LogP contribution < -0.4 is 5.09 Å². The molecule has 0 aliphatic carbocycles. The first-order valence-corrected chi connectivity index (χ1v) is 6.57. The standard InChI is InChI=1S/C10H21N2P/c1-4-10(2,3)12-5-8-7-13-11-9(8)6-12/h8-9,11,13H,4-7H2,1-3H3. The maximum absolute atomic E-state index is 3.63. The van der Waals surface area contributed by atoms with Crippen molar-refractivity contribution in [1.29, 1.82) is 0 Å². The number of likely N-dealkylation sites (tertiary alicyclic amines) is 1. The van der Waals surface area contributed by atoms with Gasteiger partial charge in [0.2, 0.25) is 0 Å². The smallest absolute Gasteiger partial charge is 0.0273 e. The van der Waals surface area contributed by atoms with Gasteiger partial charge in [-0.05, 0) is 32.3 Å². The third-order valence-corrected chi connectivity index (χ3v) is 5.12. The van der Waals surface area contributed by atoms with Gasteiger partial charge < -0.3 is 0 Å². The van der Waals surface area contributed by atoms with Gasteiger partial charge in [-0.2, -0.15) is 0 Å². The molecule has 0 radical (unpaired) electrons. The Bertz CT molecular complexity index is 181. The van der Waals surface area contributed by atoms with Crippen LogP contribution in [0, 0.1) is 5.92 Å². The average molecular weight is 200 g/mol. The zero-order valence-electron chi connectivity index (χ0n) is 8.93. The third-order valence-electron chi connectivity index (χ3n) is 3.81. The number of hydrogen-bond donors (Lipinski definition) is 1. The second-order valence-electron chi connectivity index (χ2n) is 4.96. The first-order chi connectivity index (χ1) is 6.13. The van der Waals surface area contributed by atoms with E-state index in [1.54, 1.807) is 0 Å². The van der Waals surface area contributed by atoms with Gasteiger partial charge in [0.05, 0.1) is 0 Å². The van der Waals surface area contributed by atoms with E-state index in [4.69, 9.17) is 0 Å². The molecule has 2 aliphatic rings. The molecule has 0 bridgehead atoms. The van der Waals surface area contributed by atoms with E-state index in [1.165, 1.54) is 25.7 Å². The second-order valence-corrected chi connectivity index (χ2v) is 6.01. The van der Waals surface area contributed by atoms with Crippen molar-refractivity contribution in [2.45, 2.75) is 38.8 Å². The molecule has 2 heterocycles. The highest BCUT2D eigenvalue weighted by atomic mass is 31.1. The van der Waals surface area contributed by atoms with E-state index in [-0.39, 0.29) is 0 Å². The van der Waals surface area contributed by atoms with Crippen LogP contribution in [0.15, 0.2) is 0 Å².